The van der Waals surface area contributed by atoms with E-state index in [0.717, 1.165) is 16.8 Å². The molecule has 0 bridgehead atoms. The largest absolute Gasteiger partial charge is 0.493 e. The quantitative estimate of drug-likeness (QED) is 0.680. The SMILES string of the molecule is COc1ccc(S(=O)(=O)N2CCC[C@@H](C(=O)N(C)c3ccc(C)c(C)c3)C2)cc1OC. The van der Waals surface area contributed by atoms with Crippen molar-refractivity contribution < 1.29 is 22.7 Å². The summed E-state index contributed by atoms with van der Waals surface area (Å²) in [6, 6.07) is 10.4. The Labute approximate surface area is 184 Å². The zero-order valence-corrected chi connectivity index (χ0v) is 19.5. The minimum atomic E-state index is -3.76. The Kier molecular flexibility index (Phi) is 6.91. The summed E-state index contributed by atoms with van der Waals surface area (Å²) in [6.45, 7) is 4.58. The number of aryl methyl sites for hydroxylation is 2. The van der Waals surface area contributed by atoms with Gasteiger partial charge in [0.15, 0.2) is 11.5 Å². The topological polar surface area (TPSA) is 76.2 Å². The van der Waals surface area contributed by atoms with Gasteiger partial charge in [-0.05, 0) is 62.1 Å². The maximum atomic E-state index is 13.2. The standard InChI is InChI=1S/C23H30N2O5S/c1-16-8-9-19(13-17(16)2)24(3)23(26)18-7-6-12-25(15-18)31(27,28)20-10-11-21(29-4)22(14-20)30-5/h8-11,13-14,18H,6-7,12,15H2,1-5H3/t18-/m1/s1. The lowest BCUT2D eigenvalue weighted by Gasteiger charge is -2.33. The van der Waals surface area contributed by atoms with E-state index in [1.165, 1.54) is 30.7 Å². The van der Waals surface area contributed by atoms with E-state index in [1.807, 2.05) is 32.0 Å². The average Bonchev–Trinajstić information content (AvgIpc) is 2.79. The fourth-order valence-corrected chi connectivity index (χ4v) is 5.36. The van der Waals surface area contributed by atoms with Gasteiger partial charge in [-0.1, -0.05) is 6.07 Å². The maximum absolute atomic E-state index is 13.2. The van der Waals surface area contributed by atoms with Crippen LogP contribution in [0.4, 0.5) is 5.69 Å². The van der Waals surface area contributed by atoms with Crippen LogP contribution in [0.3, 0.4) is 0 Å². The molecule has 7 nitrogen and oxygen atoms in total. The predicted octanol–water partition coefficient (Wildman–Crippen LogP) is 3.38. The first-order chi connectivity index (χ1) is 14.7. The van der Waals surface area contributed by atoms with Gasteiger partial charge in [0.25, 0.3) is 0 Å². The number of amides is 1. The number of hydrogen-bond acceptors (Lipinski definition) is 5. The van der Waals surface area contributed by atoms with Gasteiger partial charge >= 0.3 is 0 Å². The number of rotatable bonds is 6. The number of carbonyl (C=O) groups is 1. The van der Waals surface area contributed by atoms with Crippen LogP contribution in [0.25, 0.3) is 0 Å². The van der Waals surface area contributed by atoms with Crippen molar-refractivity contribution in [3.63, 3.8) is 0 Å². The molecule has 0 unspecified atom stereocenters. The van der Waals surface area contributed by atoms with Crippen LogP contribution in [-0.2, 0) is 14.8 Å². The van der Waals surface area contributed by atoms with E-state index in [1.54, 1.807) is 18.0 Å². The number of sulfonamides is 1. The molecule has 0 N–H and O–H groups in total. The molecule has 0 saturated carbocycles. The third-order valence-electron chi connectivity index (χ3n) is 5.93. The molecule has 1 atom stereocenters. The van der Waals surface area contributed by atoms with E-state index in [-0.39, 0.29) is 17.3 Å². The number of hydrogen-bond donors (Lipinski definition) is 0. The van der Waals surface area contributed by atoms with E-state index in [2.05, 4.69) is 0 Å². The van der Waals surface area contributed by atoms with E-state index in [4.69, 9.17) is 9.47 Å². The molecule has 1 saturated heterocycles. The molecule has 0 radical (unpaired) electrons. The second-order valence-electron chi connectivity index (χ2n) is 7.88. The van der Waals surface area contributed by atoms with Crippen molar-refractivity contribution >= 4 is 21.6 Å². The van der Waals surface area contributed by atoms with Gasteiger partial charge in [0.2, 0.25) is 15.9 Å². The van der Waals surface area contributed by atoms with Gasteiger partial charge in [-0.25, -0.2) is 8.42 Å². The van der Waals surface area contributed by atoms with Crippen LogP contribution >= 0.6 is 0 Å². The molecule has 168 valence electrons. The normalized spacial score (nSPS) is 17.3. The molecule has 0 spiro atoms. The molecule has 2 aromatic rings. The van der Waals surface area contributed by atoms with Crippen LogP contribution in [0.15, 0.2) is 41.3 Å². The third kappa shape index (κ3) is 4.70. The molecule has 8 heteroatoms. The highest BCUT2D eigenvalue weighted by Gasteiger charge is 2.35. The van der Waals surface area contributed by atoms with Gasteiger partial charge in [-0.3, -0.25) is 4.79 Å². The van der Waals surface area contributed by atoms with Crippen molar-refractivity contribution in [2.45, 2.75) is 31.6 Å². The molecular formula is C23H30N2O5S. The van der Waals surface area contributed by atoms with Gasteiger partial charge in [0.1, 0.15) is 0 Å². The molecule has 0 aromatic heterocycles. The third-order valence-corrected chi connectivity index (χ3v) is 7.80. The van der Waals surface area contributed by atoms with Crippen molar-refractivity contribution in [2.75, 3.05) is 39.3 Å². The van der Waals surface area contributed by atoms with E-state index >= 15 is 0 Å². The van der Waals surface area contributed by atoms with Crippen molar-refractivity contribution in [3.05, 3.63) is 47.5 Å². The summed E-state index contributed by atoms with van der Waals surface area (Å²) < 4.78 is 38.3. The smallest absolute Gasteiger partial charge is 0.243 e. The molecule has 1 heterocycles. The molecule has 1 aliphatic heterocycles. The molecule has 1 aliphatic rings. The highest BCUT2D eigenvalue weighted by Crippen LogP contribution is 2.32. The highest BCUT2D eigenvalue weighted by molar-refractivity contribution is 7.89. The van der Waals surface area contributed by atoms with Crippen molar-refractivity contribution in [1.82, 2.24) is 4.31 Å². The van der Waals surface area contributed by atoms with Crippen LogP contribution in [0.1, 0.15) is 24.0 Å². The van der Waals surface area contributed by atoms with Gasteiger partial charge in [-0.15, -0.1) is 0 Å². The number of methoxy groups -OCH3 is 2. The number of nitrogens with zero attached hydrogens (tertiary/aromatic N) is 2. The Morgan fingerprint density at radius 2 is 1.74 bits per heavy atom. The van der Waals surface area contributed by atoms with E-state index in [9.17, 15) is 13.2 Å². The number of anilines is 1. The first-order valence-corrected chi connectivity index (χ1v) is 11.7. The Hall–Kier alpha value is -2.58. The predicted molar refractivity (Wildman–Crippen MR) is 120 cm³/mol. The summed E-state index contributed by atoms with van der Waals surface area (Å²) in [5.74, 6) is 0.344. The van der Waals surface area contributed by atoms with Crippen LogP contribution in [0, 0.1) is 19.8 Å². The van der Waals surface area contributed by atoms with Crippen molar-refractivity contribution in [3.8, 4) is 11.5 Å². The second kappa shape index (κ2) is 9.28. The molecule has 0 aliphatic carbocycles. The Morgan fingerprint density at radius 3 is 2.39 bits per heavy atom. The number of piperidine rings is 1. The van der Waals surface area contributed by atoms with Crippen molar-refractivity contribution in [1.29, 1.82) is 0 Å². The molecule has 1 amide bonds. The van der Waals surface area contributed by atoms with Crippen molar-refractivity contribution in [2.24, 2.45) is 5.92 Å². The molecule has 1 fully saturated rings. The lowest BCUT2D eigenvalue weighted by Crippen LogP contribution is -2.46. The molecule has 31 heavy (non-hydrogen) atoms. The fraction of sp³-hybridized carbons (Fsp3) is 0.435. The zero-order valence-electron chi connectivity index (χ0n) is 18.7. The van der Waals surface area contributed by atoms with Crippen LogP contribution in [0.5, 0.6) is 11.5 Å². The Balaban J connectivity index is 1.80. The summed E-state index contributed by atoms with van der Waals surface area (Å²) in [4.78, 5) is 14.9. The van der Waals surface area contributed by atoms with Gasteiger partial charge < -0.3 is 14.4 Å². The maximum Gasteiger partial charge on any atom is 0.243 e. The summed E-state index contributed by atoms with van der Waals surface area (Å²) in [6.07, 6.45) is 1.29. The Bertz CT molecular complexity index is 1070. The number of carbonyl (C=O) groups excluding carboxylic acids is 1. The highest BCUT2D eigenvalue weighted by atomic mass is 32.2. The zero-order chi connectivity index (χ0) is 22.8. The van der Waals surface area contributed by atoms with E-state index in [0.29, 0.717) is 30.9 Å². The summed E-state index contributed by atoms with van der Waals surface area (Å²) in [5.41, 5.74) is 3.08. The van der Waals surface area contributed by atoms with Gasteiger partial charge in [-0.2, -0.15) is 4.31 Å². The lowest BCUT2D eigenvalue weighted by atomic mass is 9.98. The van der Waals surface area contributed by atoms with E-state index < -0.39 is 15.9 Å². The minimum absolute atomic E-state index is 0.0736. The first kappa shape index (κ1) is 23.1. The fourth-order valence-electron chi connectivity index (χ4n) is 3.82. The molecular weight excluding hydrogens is 416 g/mol. The van der Waals surface area contributed by atoms with Gasteiger partial charge in [0, 0.05) is 31.9 Å². The monoisotopic (exact) mass is 446 g/mol. The minimum Gasteiger partial charge on any atom is -0.493 e. The summed E-state index contributed by atoms with van der Waals surface area (Å²) in [5, 5.41) is 0. The Morgan fingerprint density at radius 1 is 1.03 bits per heavy atom. The van der Waals surface area contributed by atoms with Gasteiger partial charge in [0.05, 0.1) is 25.0 Å². The lowest BCUT2D eigenvalue weighted by molar-refractivity contribution is -0.123. The van der Waals surface area contributed by atoms with Crippen LogP contribution in [-0.4, -0.2) is 53.0 Å². The van der Waals surface area contributed by atoms with Crippen LogP contribution < -0.4 is 14.4 Å². The molecule has 2 aromatic carbocycles. The average molecular weight is 447 g/mol. The number of ether oxygens (including phenoxy) is 2. The first-order valence-electron chi connectivity index (χ1n) is 10.3. The number of benzene rings is 2. The molecule has 3 rings (SSSR count). The summed E-state index contributed by atoms with van der Waals surface area (Å²) in [7, 11) is 0.946. The second-order valence-corrected chi connectivity index (χ2v) is 9.82. The van der Waals surface area contributed by atoms with Crippen LogP contribution in [0.2, 0.25) is 0 Å². The summed E-state index contributed by atoms with van der Waals surface area (Å²) >= 11 is 0.